The summed E-state index contributed by atoms with van der Waals surface area (Å²) in [6.07, 6.45) is 4.04. The number of nitrogens with zero attached hydrogens (tertiary/aromatic N) is 6. The topological polar surface area (TPSA) is 112 Å². The maximum Gasteiger partial charge on any atom is 0.369 e. The van der Waals surface area contributed by atoms with Gasteiger partial charge in [0.25, 0.3) is 11.8 Å². The van der Waals surface area contributed by atoms with E-state index in [-0.39, 0.29) is 16.7 Å². The highest BCUT2D eigenvalue weighted by Gasteiger charge is 2.39. The second-order valence-electron chi connectivity index (χ2n) is 5.20. The number of hydroxylamine groups is 2. The molecule has 4 rings (SSSR count). The van der Waals surface area contributed by atoms with E-state index in [4.69, 9.17) is 4.84 Å². The molecule has 0 aliphatic carbocycles. The van der Waals surface area contributed by atoms with Crippen molar-refractivity contribution >= 4 is 17.8 Å². The lowest BCUT2D eigenvalue weighted by Gasteiger charge is -2.13. The molecule has 0 saturated heterocycles. The molecule has 0 spiro atoms. The number of imide groups is 1. The molecule has 0 unspecified atom stereocenters. The van der Waals surface area contributed by atoms with Gasteiger partial charge in [-0.3, -0.25) is 18.8 Å². The van der Waals surface area contributed by atoms with Crippen LogP contribution in [-0.2, 0) is 11.9 Å². The third-order valence-corrected chi connectivity index (χ3v) is 3.72. The van der Waals surface area contributed by atoms with Crippen LogP contribution < -0.4 is 0 Å². The predicted octanol–water partition coefficient (Wildman–Crippen LogP) is 0.369. The standard InChI is InChI=1S/C15H10N6O4/c1-19-12(20-7-16-17-8-20)11(6-18-19)15(24)25-21-13(22)9-4-2-3-5-10(9)14(21)23/h2-8H,1H3. The summed E-state index contributed by atoms with van der Waals surface area (Å²) in [7, 11) is 1.62. The Morgan fingerprint density at radius 2 is 1.64 bits per heavy atom. The van der Waals surface area contributed by atoms with E-state index >= 15 is 0 Å². The number of hydrogen-bond acceptors (Lipinski definition) is 7. The van der Waals surface area contributed by atoms with E-state index in [0.717, 1.165) is 0 Å². The van der Waals surface area contributed by atoms with Crippen LogP contribution in [0.25, 0.3) is 5.82 Å². The summed E-state index contributed by atoms with van der Waals surface area (Å²) in [5, 5.41) is 11.8. The molecule has 1 aliphatic rings. The summed E-state index contributed by atoms with van der Waals surface area (Å²) in [6.45, 7) is 0. The molecular weight excluding hydrogens is 328 g/mol. The van der Waals surface area contributed by atoms with Crippen LogP contribution in [0, 0.1) is 0 Å². The number of aryl methyl sites for hydroxylation is 1. The van der Waals surface area contributed by atoms with E-state index in [1.54, 1.807) is 19.2 Å². The molecule has 1 aliphatic heterocycles. The van der Waals surface area contributed by atoms with Crippen molar-refractivity contribution in [1.82, 2.24) is 29.6 Å². The van der Waals surface area contributed by atoms with Crippen LogP contribution in [0.3, 0.4) is 0 Å². The molecule has 0 fully saturated rings. The zero-order chi connectivity index (χ0) is 17.6. The lowest BCUT2D eigenvalue weighted by molar-refractivity contribution is -0.0584. The fourth-order valence-corrected chi connectivity index (χ4v) is 2.57. The van der Waals surface area contributed by atoms with Crippen molar-refractivity contribution in [1.29, 1.82) is 0 Å². The second-order valence-corrected chi connectivity index (χ2v) is 5.20. The van der Waals surface area contributed by atoms with Crippen LogP contribution in [0.15, 0.2) is 43.1 Å². The number of benzene rings is 1. The van der Waals surface area contributed by atoms with Crippen molar-refractivity contribution in [3.63, 3.8) is 0 Å². The van der Waals surface area contributed by atoms with Gasteiger partial charge in [0.2, 0.25) is 0 Å². The molecule has 2 amide bonds. The molecule has 25 heavy (non-hydrogen) atoms. The number of carbonyl (C=O) groups is 3. The molecule has 0 saturated carbocycles. The molecule has 0 bridgehead atoms. The minimum absolute atomic E-state index is 0.0545. The van der Waals surface area contributed by atoms with Gasteiger partial charge in [0.1, 0.15) is 18.2 Å². The molecule has 10 heteroatoms. The van der Waals surface area contributed by atoms with Crippen molar-refractivity contribution in [3.05, 3.63) is 59.8 Å². The first-order chi connectivity index (χ1) is 12.1. The summed E-state index contributed by atoms with van der Waals surface area (Å²) >= 11 is 0. The Morgan fingerprint density at radius 1 is 1.04 bits per heavy atom. The van der Waals surface area contributed by atoms with Crippen molar-refractivity contribution < 1.29 is 19.2 Å². The predicted molar refractivity (Wildman–Crippen MR) is 80.5 cm³/mol. The summed E-state index contributed by atoms with van der Waals surface area (Å²) in [4.78, 5) is 42.1. The van der Waals surface area contributed by atoms with Crippen molar-refractivity contribution in [2.45, 2.75) is 0 Å². The van der Waals surface area contributed by atoms with Crippen LogP contribution in [0.2, 0.25) is 0 Å². The third kappa shape index (κ3) is 2.19. The van der Waals surface area contributed by atoms with E-state index in [0.29, 0.717) is 10.9 Å². The van der Waals surface area contributed by atoms with Gasteiger partial charge < -0.3 is 4.84 Å². The first-order valence-electron chi connectivity index (χ1n) is 7.15. The molecule has 0 atom stereocenters. The van der Waals surface area contributed by atoms with E-state index in [1.807, 2.05) is 0 Å². The summed E-state index contributed by atoms with van der Waals surface area (Å²) < 4.78 is 2.88. The monoisotopic (exact) mass is 338 g/mol. The fraction of sp³-hybridized carbons (Fsp3) is 0.0667. The van der Waals surface area contributed by atoms with Crippen LogP contribution >= 0.6 is 0 Å². The Balaban J connectivity index is 1.65. The SMILES string of the molecule is Cn1ncc(C(=O)ON2C(=O)c3ccccc3C2=O)c1-n1cnnc1. The molecule has 124 valence electrons. The Kier molecular flexibility index (Phi) is 3.17. The van der Waals surface area contributed by atoms with Crippen LogP contribution in [0.1, 0.15) is 31.1 Å². The van der Waals surface area contributed by atoms with E-state index in [9.17, 15) is 14.4 Å². The quantitative estimate of drug-likeness (QED) is 0.634. The summed E-state index contributed by atoms with van der Waals surface area (Å²) in [6, 6.07) is 6.24. The van der Waals surface area contributed by atoms with Crippen LogP contribution in [0.4, 0.5) is 0 Å². The smallest absolute Gasteiger partial charge is 0.324 e. The zero-order valence-corrected chi connectivity index (χ0v) is 12.9. The molecule has 0 radical (unpaired) electrons. The number of amides is 2. The average Bonchev–Trinajstić information content (AvgIpc) is 3.31. The van der Waals surface area contributed by atoms with E-state index < -0.39 is 17.8 Å². The largest absolute Gasteiger partial charge is 0.369 e. The first-order valence-corrected chi connectivity index (χ1v) is 7.15. The Bertz CT molecular complexity index is 972. The number of carbonyl (C=O) groups excluding carboxylic acids is 3. The third-order valence-electron chi connectivity index (χ3n) is 3.72. The van der Waals surface area contributed by atoms with Crippen molar-refractivity contribution in [3.8, 4) is 5.82 Å². The van der Waals surface area contributed by atoms with Crippen LogP contribution in [-0.4, -0.2) is 47.4 Å². The minimum atomic E-state index is -0.897. The fourth-order valence-electron chi connectivity index (χ4n) is 2.57. The maximum atomic E-state index is 12.5. The molecule has 10 nitrogen and oxygen atoms in total. The number of hydrogen-bond donors (Lipinski definition) is 0. The van der Waals surface area contributed by atoms with Crippen LogP contribution in [0.5, 0.6) is 0 Å². The molecule has 3 heterocycles. The lowest BCUT2D eigenvalue weighted by atomic mass is 10.1. The first kappa shape index (κ1) is 14.8. The van der Waals surface area contributed by atoms with Gasteiger partial charge in [-0.1, -0.05) is 17.2 Å². The highest BCUT2D eigenvalue weighted by molar-refractivity contribution is 6.21. The second kappa shape index (κ2) is 5.37. The highest BCUT2D eigenvalue weighted by Crippen LogP contribution is 2.24. The Labute approximate surface area is 140 Å². The van der Waals surface area contributed by atoms with Crippen molar-refractivity contribution in [2.24, 2.45) is 7.05 Å². The van der Waals surface area contributed by atoms with Gasteiger partial charge >= 0.3 is 5.97 Å². The van der Waals surface area contributed by atoms with E-state index in [1.165, 1.54) is 40.2 Å². The lowest BCUT2D eigenvalue weighted by Crippen LogP contribution is -2.32. The average molecular weight is 338 g/mol. The van der Waals surface area contributed by atoms with Gasteiger partial charge in [-0.15, -0.1) is 10.2 Å². The van der Waals surface area contributed by atoms with E-state index in [2.05, 4.69) is 15.3 Å². The van der Waals surface area contributed by atoms with Crippen molar-refractivity contribution in [2.75, 3.05) is 0 Å². The van der Waals surface area contributed by atoms with Gasteiger partial charge in [0.05, 0.1) is 17.3 Å². The Morgan fingerprint density at radius 3 is 2.24 bits per heavy atom. The van der Waals surface area contributed by atoms with Gasteiger partial charge in [-0.05, 0) is 12.1 Å². The molecule has 2 aromatic heterocycles. The maximum absolute atomic E-state index is 12.5. The zero-order valence-electron chi connectivity index (χ0n) is 12.9. The molecule has 1 aromatic carbocycles. The molecule has 3 aromatic rings. The molecular formula is C15H10N6O4. The highest BCUT2D eigenvalue weighted by atomic mass is 16.7. The summed E-state index contributed by atoms with van der Waals surface area (Å²) in [5.41, 5.74) is 0.426. The summed E-state index contributed by atoms with van der Waals surface area (Å²) in [5.74, 6) is -1.94. The normalized spacial score (nSPS) is 13.2. The molecule has 0 N–H and O–H groups in total. The number of rotatable bonds is 3. The van der Waals surface area contributed by atoms with Gasteiger partial charge in [-0.2, -0.15) is 5.10 Å². The number of aromatic nitrogens is 5. The Hall–Kier alpha value is -3.82. The van der Waals surface area contributed by atoms with Gasteiger partial charge in [0.15, 0.2) is 5.82 Å². The minimum Gasteiger partial charge on any atom is -0.324 e. The number of fused-ring (bicyclic) bond motifs is 1. The van der Waals surface area contributed by atoms with Gasteiger partial charge in [0, 0.05) is 7.05 Å². The van der Waals surface area contributed by atoms with Gasteiger partial charge in [-0.25, -0.2) is 4.79 Å².